The second-order valence-electron chi connectivity index (χ2n) is 8.79. The third-order valence-electron chi connectivity index (χ3n) is 6.19. The number of hydrogen-bond donors (Lipinski definition) is 3. The Morgan fingerprint density at radius 1 is 1.14 bits per heavy atom. The minimum absolute atomic E-state index is 0.0831. The van der Waals surface area contributed by atoms with E-state index in [9.17, 15) is 9.59 Å². The molecule has 0 spiro atoms. The minimum Gasteiger partial charge on any atom is -0.365 e. The van der Waals surface area contributed by atoms with Crippen LogP contribution < -0.4 is 16.4 Å². The molecule has 0 unspecified atom stereocenters. The van der Waals surface area contributed by atoms with Crippen LogP contribution in [0, 0.1) is 26.6 Å². The van der Waals surface area contributed by atoms with Crippen molar-refractivity contribution in [3.8, 4) is 11.3 Å². The van der Waals surface area contributed by atoms with Crippen molar-refractivity contribution >= 4 is 29.1 Å². The maximum atomic E-state index is 15.7. The van der Waals surface area contributed by atoms with Crippen LogP contribution in [0.4, 0.5) is 21.7 Å². The number of fused-ring (bicyclic) bond motifs is 2. The standard InChI is InChI=1S/C26H24FN7O2/c1-13-4-7-19-16(10-13)8-9-34-25(31-19)21(24(28)35)23(33-34)18-6-5-17(15(3)22(18)27)26(36)32-20-12-29-11-14(2)30-20/h4-7,10-12,31H,8-9H2,1-3H3,(H2,28,35)(H,30,32,36). The zero-order valence-corrected chi connectivity index (χ0v) is 20.0. The number of nitrogens with one attached hydrogen (secondary N) is 2. The number of hydrogen-bond acceptors (Lipinski definition) is 6. The summed E-state index contributed by atoms with van der Waals surface area (Å²) in [5.41, 5.74) is 9.98. The van der Waals surface area contributed by atoms with Gasteiger partial charge in [0.15, 0.2) is 5.82 Å². The molecule has 0 fully saturated rings. The van der Waals surface area contributed by atoms with Gasteiger partial charge in [-0.1, -0.05) is 17.7 Å². The van der Waals surface area contributed by atoms with E-state index in [1.54, 1.807) is 17.8 Å². The van der Waals surface area contributed by atoms with E-state index in [1.165, 1.54) is 25.3 Å². The van der Waals surface area contributed by atoms with Crippen molar-refractivity contribution in [1.82, 2.24) is 19.7 Å². The summed E-state index contributed by atoms with van der Waals surface area (Å²) in [6, 6.07) is 8.92. The first kappa shape index (κ1) is 23.2. The van der Waals surface area contributed by atoms with Gasteiger partial charge in [0.2, 0.25) is 0 Å². The number of primary amides is 1. The lowest BCUT2D eigenvalue weighted by Crippen LogP contribution is -2.16. The number of nitrogens with zero attached hydrogens (tertiary/aromatic N) is 4. The predicted octanol–water partition coefficient (Wildman–Crippen LogP) is 4.06. The van der Waals surface area contributed by atoms with Crippen molar-refractivity contribution in [2.45, 2.75) is 33.7 Å². The minimum atomic E-state index is -0.730. The van der Waals surface area contributed by atoms with Gasteiger partial charge in [0.05, 0.1) is 11.9 Å². The van der Waals surface area contributed by atoms with Gasteiger partial charge >= 0.3 is 0 Å². The van der Waals surface area contributed by atoms with Crippen LogP contribution in [0.2, 0.25) is 0 Å². The Labute approximate surface area is 206 Å². The number of benzene rings is 2. The molecular weight excluding hydrogens is 461 g/mol. The fraction of sp³-hybridized carbons (Fsp3) is 0.192. The first-order valence-electron chi connectivity index (χ1n) is 11.4. The van der Waals surface area contributed by atoms with Crippen molar-refractivity contribution < 1.29 is 14.0 Å². The molecule has 0 saturated heterocycles. The van der Waals surface area contributed by atoms with Gasteiger partial charge in [-0.15, -0.1) is 0 Å². The third-order valence-corrected chi connectivity index (χ3v) is 6.19. The Balaban J connectivity index is 1.54. The normalized spacial score (nSPS) is 12.2. The second kappa shape index (κ2) is 8.88. The smallest absolute Gasteiger partial charge is 0.257 e. The van der Waals surface area contributed by atoms with Crippen LogP contribution in [0.1, 0.15) is 43.1 Å². The highest BCUT2D eigenvalue weighted by Crippen LogP contribution is 2.36. The lowest BCUT2D eigenvalue weighted by atomic mass is 9.99. The molecule has 36 heavy (non-hydrogen) atoms. The molecule has 2 amide bonds. The summed E-state index contributed by atoms with van der Waals surface area (Å²) in [7, 11) is 0. The summed E-state index contributed by atoms with van der Waals surface area (Å²) in [4.78, 5) is 33.5. The van der Waals surface area contributed by atoms with Crippen LogP contribution in [0.5, 0.6) is 0 Å². The Hall–Kier alpha value is -4.60. The molecule has 3 heterocycles. The number of carbonyl (C=O) groups excluding carboxylic acids is 2. The largest absolute Gasteiger partial charge is 0.365 e. The highest BCUT2D eigenvalue weighted by molar-refractivity contribution is 6.06. The molecule has 4 N–H and O–H groups in total. The van der Waals surface area contributed by atoms with Crippen LogP contribution in [-0.2, 0) is 13.0 Å². The monoisotopic (exact) mass is 485 g/mol. The highest BCUT2D eigenvalue weighted by atomic mass is 19.1. The predicted molar refractivity (Wildman–Crippen MR) is 134 cm³/mol. The number of anilines is 3. The summed E-state index contributed by atoms with van der Waals surface area (Å²) >= 11 is 0. The van der Waals surface area contributed by atoms with E-state index >= 15 is 4.39 Å². The molecule has 1 aliphatic rings. The number of nitrogens with two attached hydrogens (primary N) is 1. The number of halogens is 1. The van der Waals surface area contributed by atoms with Crippen LogP contribution in [0.3, 0.4) is 0 Å². The fourth-order valence-electron chi connectivity index (χ4n) is 4.40. The molecular formula is C26H24FN7O2. The van der Waals surface area contributed by atoms with Crippen molar-refractivity contribution in [2.24, 2.45) is 5.73 Å². The van der Waals surface area contributed by atoms with Gasteiger partial charge in [-0.05, 0) is 56.5 Å². The first-order valence-corrected chi connectivity index (χ1v) is 11.4. The molecule has 0 aliphatic carbocycles. The molecule has 0 radical (unpaired) electrons. The van der Waals surface area contributed by atoms with E-state index in [0.717, 1.165) is 16.8 Å². The molecule has 5 rings (SSSR count). The summed E-state index contributed by atoms with van der Waals surface area (Å²) in [6.07, 6.45) is 3.65. The average Bonchev–Trinajstić information content (AvgIpc) is 3.09. The molecule has 2 aromatic heterocycles. The SMILES string of the molecule is Cc1ccc2c(c1)CCn1nc(-c3ccc(C(=O)Nc4cncc(C)n4)c(C)c3F)c(C(N)=O)c1N2. The van der Waals surface area contributed by atoms with Crippen LogP contribution >= 0.6 is 0 Å². The van der Waals surface area contributed by atoms with E-state index in [-0.39, 0.29) is 33.8 Å². The zero-order chi connectivity index (χ0) is 25.6. The Bertz CT molecular complexity index is 1540. The highest BCUT2D eigenvalue weighted by Gasteiger charge is 2.28. The van der Waals surface area contributed by atoms with Gasteiger partial charge in [0, 0.05) is 29.6 Å². The molecule has 0 atom stereocenters. The van der Waals surface area contributed by atoms with Gasteiger partial charge in [0.25, 0.3) is 11.8 Å². The van der Waals surface area contributed by atoms with E-state index in [1.807, 2.05) is 19.1 Å². The van der Waals surface area contributed by atoms with E-state index in [0.29, 0.717) is 24.5 Å². The molecule has 182 valence electrons. The van der Waals surface area contributed by atoms with Crippen molar-refractivity contribution in [3.63, 3.8) is 0 Å². The van der Waals surface area contributed by atoms with Gasteiger partial charge in [-0.25, -0.2) is 14.1 Å². The van der Waals surface area contributed by atoms with Gasteiger partial charge in [-0.2, -0.15) is 5.10 Å². The Kier molecular flexibility index (Phi) is 5.71. The van der Waals surface area contributed by atoms with E-state index in [2.05, 4.69) is 31.8 Å². The van der Waals surface area contributed by atoms with Gasteiger partial charge in [0.1, 0.15) is 22.9 Å². The lowest BCUT2D eigenvalue weighted by Gasteiger charge is -2.12. The molecule has 10 heteroatoms. The van der Waals surface area contributed by atoms with E-state index in [4.69, 9.17) is 5.73 Å². The average molecular weight is 486 g/mol. The maximum absolute atomic E-state index is 15.7. The molecule has 9 nitrogen and oxygen atoms in total. The zero-order valence-electron chi connectivity index (χ0n) is 20.0. The molecule has 0 saturated carbocycles. The van der Waals surface area contributed by atoms with E-state index < -0.39 is 17.6 Å². The van der Waals surface area contributed by atoms with Gasteiger partial charge < -0.3 is 16.4 Å². The number of rotatable bonds is 4. The van der Waals surface area contributed by atoms with Crippen molar-refractivity contribution in [2.75, 3.05) is 10.6 Å². The van der Waals surface area contributed by atoms with Crippen LogP contribution in [-0.4, -0.2) is 31.6 Å². The Morgan fingerprint density at radius 3 is 2.69 bits per heavy atom. The molecule has 1 aliphatic heterocycles. The summed E-state index contributed by atoms with van der Waals surface area (Å²) in [6.45, 7) is 5.74. The fourth-order valence-corrected chi connectivity index (χ4v) is 4.40. The summed E-state index contributed by atoms with van der Waals surface area (Å²) in [5.74, 6) is -1.24. The topological polar surface area (TPSA) is 128 Å². The van der Waals surface area contributed by atoms with Crippen LogP contribution in [0.15, 0.2) is 42.7 Å². The maximum Gasteiger partial charge on any atom is 0.257 e. The summed E-state index contributed by atoms with van der Waals surface area (Å²) in [5, 5.41) is 10.5. The lowest BCUT2D eigenvalue weighted by molar-refractivity contribution is 0.0998. The van der Waals surface area contributed by atoms with Crippen LogP contribution in [0.25, 0.3) is 11.3 Å². The quantitative estimate of drug-likeness (QED) is 0.400. The Morgan fingerprint density at radius 2 is 1.94 bits per heavy atom. The number of aryl methyl sites for hydroxylation is 4. The van der Waals surface area contributed by atoms with Crippen molar-refractivity contribution in [1.29, 1.82) is 0 Å². The molecule has 2 aromatic carbocycles. The molecule has 4 aromatic rings. The van der Waals surface area contributed by atoms with Crippen molar-refractivity contribution in [3.05, 3.63) is 82.1 Å². The number of aromatic nitrogens is 4. The number of carbonyl (C=O) groups is 2. The second-order valence-corrected chi connectivity index (χ2v) is 8.79. The third kappa shape index (κ3) is 4.06. The number of amides is 2. The van der Waals surface area contributed by atoms with Gasteiger partial charge in [-0.3, -0.25) is 14.6 Å². The first-order chi connectivity index (χ1) is 17.2. The summed E-state index contributed by atoms with van der Waals surface area (Å²) < 4.78 is 17.3. The molecule has 0 bridgehead atoms.